The van der Waals surface area contributed by atoms with Crippen LogP contribution in [0.5, 0.6) is 0 Å². The van der Waals surface area contributed by atoms with Gasteiger partial charge in [-0.05, 0) is 12.8 Å². The number of piperidine rings is 1. The first-order valence-electron chi connectivity index (χ1n) is 3.33. The van der Waals surface area contributed by atoms with Crippen LogP contribution >= 0.6 is 0 Å². The zero-order chi connectivity index (χ0) is 7.56. The van der Waals surface area contributed by atoms with Crippen molar-refractivity contribution in [1.29, 1.82) is 0 Å². The van der Waals surface area contributed by atoms with Gasteiger partial charge in [0.1, 0.15) is 0 Å². The predicted molar refractivity (Wildman–Crippen MR) is 33.0 cm³/mol. The molecular formula is C6H10FNO2. The SMILES string of the molecule is O=C(O)C1CCN(F)CC1. The topological polar surface area (TPSA) is 40.5 Å². The van der Waals surface area contributed by atoms with Gasteiger partial charge >= 0.3 is 5.97 Å². The smallest absolute Gasteiger partial charge is 0.306 e. The summed E-state index contributed by atoms with van der Waals surface area (Å²) in [7, 11) is 0. The van der Waals surface area contributed by atoms with Gasteiger partial charge in [0.2, 0.25) is 0 Å². The second-order valence-corrected chi connectivity index (χ2v) is 2.52. The van der Waals surface area contributed by atoms with Gasteiger partial charge in [0.05, 0.1) is 5.92 Å². The summed E-state index contributed by atoms with van der Waals surface area (Å²) < 4.78 is 12.3. The number of nitrogens with zero attached hydrogens (tertiary/aromatic N) is 1. The Bertz CT molecular complexity index is 132. The molecule has 0 atom stereocenters. The van der Waals surface area contributed by atoms with Gasteiger partial charge in [0.15, 0.2) is 0 Å². The molecule has 1 N–H and O–H groups in total. The van der Waals surface area contributed by atoms with Gasteiger partial charge in [-0.1, -0.05) is 0 Å². The second-order valence-electron chi connectivity index (χ2n) is 2.52. The Morgan fingerprint density at radius 2 is 2.00 bits per heavy atom. The average Bonchev–Trinajstić information content (AvgIpc) is 1.88. The minimum absolute atomic E-state index is 0.261. The van der Waals surface area contributed by atoms with Gasteiger partial charge < -0.3 is 5.11 Å². The number of hydrogen-bond acceptors (Lipinski definition) is 2. The first-order chi connectivity index (χ1) is 4.70. The van der Waals surface area contributed by atoms with Gasteiger partial charge in [-0.2, -0.15) is 0 Å². The molecule has 1 aliphatic heterocycles. The summed E-state index contributed by atoms with van der Waals surface area (Å²) in [4.78, 5) is 10.3. The van der Waals surface area contributed by atoms with Crippen molar-refractivity contribution in [3.8, 4) is 0 Å². The molecule has 0 amide bonds. The van der Waals surface area contributed by atoms with E-state index in [-0.39, 0.29) is 19.0 Å². The summed E-state index contributed by atoms with van der Waals surface area (Å²) in [6.07, 6.45) is 0.873. The van der Waals surface area contributed by atoms with Crippen LogP contribution < -0.4 is 0 Å². The maximum atomic E-state index is 12.3. The van der Waals surface area contributed by atoms with Crippen LogP contribution in [0.4, 0.5) is 4.48 Å². The van der Waals surface area contributed by atoms with E-state index in [4.69, 9.17) is 5.11 Å². The maximum absolute atomic E-state index is 12.3. The van der Waals surface area contributed by atoms with E-state index in [9.17, 15) is 9.28 Å². The Kier molecular flexibility index (Phi) is 2.21. The number of halogens is 1. The van der Waals surface area contributed by atoms with Crippen molar-refractivity contribution in [3.63, 3.8) is 0 Å². The van der Waals surface area contributed by atoms with Crippen LogP contribution in [0, 0.1) is 5.92 Å². The van der Waals surface area contributed by atoms with Gasteiger partial charge in [-0.25, -0.2) is 0 Å². The lowest BCUT2D eigenvalue weighted by Gasteiger charge is -2.22. The van der Waals surface area contributed by atoms with Gasteiger partial charge in [-0.15, -0.1) is 9.60 Å². The first kappa shape index (κ1) is 7.47. The fourth-order valence-electron chi connectivity index (χ4n) is 1.09. The molecule has 1 saturated heterocycles. The van der Waals surface area contributed by atoms with E-state index in [1.807, 2.05) is 0 Å². The highest BCUT2D eigenvalue weighted by atomic mass is 19.2. The summed E-state index contributed by atoms with van der Waals surface area (Å²) in [5.74, 6) is -1.12. The number of carboxylic acids is 1. The van der Waals surface area contributed by atoms with Crippen molar-refractivity contribution in [3.05, 3.63) is 0 Å². The molecule has 0 aromatic heterocycles. The van der Waals surface area contributed by atoms with Crippen LogP contribution in [-0.2, 0) is 4.79 Å². The van der Waals surface area contributed by atoms with E-state index in [1.54, 1.807) is 0 Å². The van der Waals surface area contributed by atoms with E-state index < -0.39 is 5.97 Å². The first-order valence-corrected chi connectivity index (χ1v) is 3.33. The van der Waals surface area contributed by atoms with E-state index in [0.717, 1.165) is 0 Å². The number of rotatable bonds is 1. The van der Waals surface area contributed by atoms with E-state index >= 15 is 0 Å². The molecule has 0 saturated carbocycles. The summed E-state index contributed by atoms with van der Waals surface area (Å²) >= 11 is 0. The highest BCUT2D eigenvalue weighted by molar-refractivity contribution is 5.70. The van der Waals surface area contributed by atoms with Crippen LogP contribution in [-0.4, -0.2) is 29.3 Å². The average molecular weight is 147 g/mol. The molecule has 58 valence electrons. The maximum Gasteiger partial charge on any atom is 0.306 e. The molecule has 0 aromatic rings. The molecule has 10 heavy (non-hydrogen) atoms. The molecule has 4 heteroatoms. The lowest BCUT2D eigenvalue weighted by Crippen LogP contribution is -2.31. The molecule has 0 spiro atoms. The molecule has 1 rings (SSSR count). The molecule has 0 radical (unpaired) electrons. The minimum atomic E-state index is -0.798. The molecule has 1 aliphatic rings. The summed E-state index contributed by atoms with van der Waals surface area (Å²) in [6, 6.07) is 0. The third-order valence-corrected chi connectivity index (χ3v) is 1.79. The molecule has 1 heterocycles. The van der Waals surface area contributed by atoms with Crippen molar-refractivity contribution >= 4 is 5.97 Å². The zero-order valence-corrected chi connectivity index (χ0v) is 5.59. The lowest BCUT2D eigenvalue weighted by molar-refractivity contribution is -0.145. The van der Waals surface area contributed by atoms with Crippen LogP contribution in [0.2, 0.25) is 0 Å². The summed E-state index contributed by atoms with van der Waals surface area (Å²) in [6.45, 7) is 0.522. The van der Waals surface area contributed by atoms with Crippen LogP contribution in [0.1, 0.15) is 12.8 Å². The van der Waals surface area contributed by atoms with Crippen molar-refractivity contribution in [2.75, 3.05) is 13.1 Å². The number of aliphatic carboxylic acids is 1. The third-order valence-electron chi connectivity index (χ3n) is 1.79. The van der Waals surface area contributed by atoms with Gasteiger partial charge in [-0.3, -0.25) is 4.79 Å². The zero-order valence-electron chi connectivity index (χ0n) is 5.59. The van der Waals surface area contributed by atoms with Gasteiger partial charge in [0, 0.05) is 13.1 Å². The minimum Gasteiger partial charge on any atom is -0.481 e. The van der Waals surface area contributed by atoms with E-state index in [0.29, 0.717) is 18.0 Å². The second kappa shape index (κ2) is 2.96. The third kappa shape index (κ3) is 1.67. The number of carboxylic acid groups (broad SMARTS) is 1. The van der Waals surface area contributed by atoms with E-state index in [1.165, 1.54) is 0 Å². The monoisotopic (exact) mass is 147 g/mol. The Labute approximate surface area is 58.4 Å². The van der Waals surface area contributed by atoms with Crippen LogP contribution in [0.15, 0.2) is 0 Å². The number of carbonyl (C=O) groups is 1. The van der Waals surface area contributed by atoms with Crippen molar-refractivity contribution in [2.24, 2.45) is 5.92 Å². The molecule has 0 aromatic carbocycles. The van der Waals surface area contributed by atoms with Crippen LogP contribution in [0.3, 0.4) is 0 Å². The predicted octanol–water partition coefficient (Wildman–Crippen LogP) is 0.667. The fourth-order valence-corrected chi connectivity index (χ4v) is 1.09. The largest absolute Gasteiger partial charge is 0.481 e. The normalized spacial score (nSPS) is 22.9. The molecule has 0 aliphatic carbocycles. The highest BCUT2D eigenvalue weighted by Gasteiger charge is 2.23. The standard InChI is InChI=1S/C6H10FNO2/c7-8-3-1-5(2-4-8)6(9)10/h5H,1-4H2,(H,9,10). The summed E-state index contributed by atoms with van der Waals surface area (Å²) in [5.41, 5.74) is 0. The summed E-state index contributed by atoms with van der Waals surface area (Å²) in [5, 5.41) is 9.15. The molecule has 1 fully saturated rings. The van der Waals surface area contributed by atoms with Crippen LogP contribution in [0.25, 0.3) is 0 Å². The Morgan fingerprint density at radius 1 is 1.50 bits per heavy atom. The Balaban J connectivity index is 2.33. The molecular weight excluding hydrogens is 137 g/mol. The number of hydrogen-bond donors (Lipinski definition) is 1. The lowest BCUT2D eigenvalue weighted by atomic mass is 9.99. The Morgan fingerprint density at radius 3 is 2.40 bits per heavy atom. The van der Waals surface area contributed by atoms with Crippen molar-refractivity contribution < 1.29 is 14.4 Å². The van der Waals surface area contributed by atoms with Gasteiger partial charge in [0.25, 0.3) is 0 Å². The highest BCUT2D eigenvalue weighted by Crippen LogP contribution is 2.16. The molecule has 0 bridgehead atoms. The van der Waals surface area contributed by atoms with Crippen molar-refractivity contribution in [1.82, 2.24) is 5.12 Å². The quantitative estimate of drug-likeness (QED) is 0.554. The van der Waals surface area contributed by atoms with E-state index in [2.05, 4.69) is 0 Å². The van der Waals surface area contributed by atoms with Crippen molar-refractivity contribution in [2.45, 2.75) is 12.8 Å². The fraction of sp³-hybridized carbons (Fsp3) is 0.833. The molecule has 0 unspecified atom stereocenters. The Hall–Kier alpha value is -0.640. The molecule has 3 nitrogen and oxygen atoms in total.